The van der Waals surface area contributed by atoms with Gasteiger partial charge in [0.2, 0.25) is 0 Å². The van der Waals surface area contributed by atoms with Crippen LogP contribution in [0.5, 0.6) is 5.75 Å². The van der Waals surface area contributed by atoms with Gasteiger partial charge in [0.25, 0.3) is 10.0 Å². The van der Waals surface area contributed by atoms with Crippen LogP contribution in [-0.4, -0.2) is 32.1 Å². The number of rotatable bonds is 6. The van der Waals surface area contributed by atoms with Gasteiger partial charge in [0, 0.05) is 17.0 Å². The minimum absolute atomic E-state index is 0.0154. The van der Waals surface area contributed by atoms with Gasteiger partial charge in [-0.3, -0.25) is 9.10 Å². The molecule has 0 spiro atoms. The van der Waals surface area contributed by atoms with Gasteiger partial charge in [0.05, 0.1) is 17.1 Å². The van der Waals surface area contributed by atoms with E-state index in [-0.39, 0.29) is 24.3 Å². The summed E-state index contributed by atoms with van der Waals surface area (Å²) < 4.78 is 34.7. The van der Waals surface area contributed by atoms with Crippen molar-refractivity contribution in [3.05, 3.63) is 76.8 Å². The van der Waals surface area contributed by atoms with Gasteiger partial charge in [0.15, 0.2) is 0 Å². The van der Waals surface area contributed by atoms with Gasteiger partial charge in [-0.2, -0.15) is 0 Å². The van der Waals surface area contributed by atoms with Crippen LogP contribution in [0, 0.1) is 13.8 Å². The molecule has 33 heavy (non-hydrogen) atoms. The second kappa shape index (κ2) is 9.08. The Hall–Kier alpha value is -3.03. The molecule has 0 aliphatic carbocycles. The van der Waals surface area contributed by atoms with E-state index in [4.69, 9.17) is 21.4 Å². The zero-order chi connectivity index (χ0) is 23.8. The third-order valence-electron chi connectivity index (χ3n) is 5.58. The Labute approximate surface area is 198 Å². The number of sulfonamides is 1. The third kappa shape index (κ3) is 4.84. The maximum Gasteiger partial charge on any atom is 0.303 e. The van der Waals surface area contributed by atoms with Crippen LogP contribution in [-0.2, 0) is 14.8 Å². The fourth-order valence-corrected chi connectivity index (χ4v) is 5.74. The van der Waals surface area contributed by atoms with Crippen LogP contribution in [0.1, 0.15) is 24.0 Å². The molecule has 8 heteroatoms. The molecule has 0 fully saturated rings. The Morgan fingerprint density at radius 2 is 1.85 bits per heavy atom. The number of carboxylic acid groups (broad SMARTS) is 1. The van der Waals surface area contributed by atoms with Gasteiger partial charge in [-0.15, -0.1) is 0 Å². The fraction of sp³-hybridized carbons (Fsp3) is 0.240. The molecule has 1 aliphatic rings. The minimum atomic E-state index is -3.91. The summed E-state index contributed by atoms with van der Waals surface area (Å²) >= 11 is 6.43. The number of halogens is 1. The van der Waals surface area contributed by atoms with E-state index < -0.39 is 22.1 Å². The van der Waals surface area contributed by atoms with Crippen molar-refractivity contribution in [3.8, 4) is 16.9 Å². The summed E-state index contributed by atoms with van der Waals surface area (Å²) in [5.74, 6) is -0.567. The third-order valence-corrected chi connectivity index (χ3v) is 7.69. The molecular formula is C25H24ClNO5S. The first kappa shape index (κ1) is 23.1. The molecule has 1 N–H and O–H groups in total. The smallest absolute Gasteiger partial charge is 0.303 e. The van der Waals surface area contributed by atoms with Gasteiger partial charge in [0.1, 0.15) is 11.9 Å². The molecule has 3 aromatic rings. The monoisotopic (exact) mass is 485 g/mol. The van der Waals surface area contributed by atoms with Crippen molar-refractivity contribution >= 4 is 33.3 Å². The average Bonchev–Trinajstić information content (AvgIpc) is 2.78. The summed E-state index contributed by atoms with van der Waals surface area (Å²) in [7, 11) is -3.91. The van der Waals surface area contributed by atoms with E-state index in [9.17, 15) is 13.2 Å². The Morgan fingerprint density at radius 1 is 1.09 bits per heavy atom. The van der Waals surface area contributed by atoms with Gasteiger partial charge in [-0.1, -0.05) is 41.4 Å². The van der Waals surface area contributed by atoms with Crippen molar-refractivity contribution in [2.75, 3.05) is 10.8 Å². The number of nitrogens with zero attached hydrogens (tertiary/aromatic N) is 1. The van der Waals surface area contributed by atoms with Crippen LogP contribution in [0.4, 0.5) is 5.69 Å². The Kier molecular flexibility index (Phi) is 6.36. The second-order valence-corrected chi connectivity index (χ2v) is 10.5. The molecule has 1 heterocycles. The van der Waals surface area contributed by atoms with Gasteiger partial charge < -0.3 is 9.84 Å². The van der Waals surface area contributed by atoms with Gasteiger partial charge >= 0.3 is 5.97 Å². The zero-order valence-corrected chi connectivity index (χ0v) is 19.9. The van der Waals surface area contributed by atoms with E-state index in [1.54, 1.807) is 30.3 Å². The van der Waals surface area contributed by atoms with Crippen molar-refractivity contribution in [3.63, 3.8) is 0 Å². The van der Waals surface area contributed by atoms with Crippen LogP contribution in [0.25, 0.3) is 11.1 Å². The van der Waals surface area contributed by atoms with Crippen LogP contribution in [0.3, 0.4) is 0 Å². The summed E-state index contributed by atoms with van der Waals surface area (Å²) in [5.41, 5.74) is 3.81. The number of hydrogen-bond acceptors (Lipinski definition) is 4. The molecular weight excluding hydrogens is 462 g/mol. The topological polar surface area (TPSA) is 83.9 Å². The van der Waals surface area contributed by atoms with Crippen molar-refractivity contribution in [1.82, 2.24) is 0 Å². The number of benzene rings is 3. The Balaban J connectivity index is 1.82. The summed E-state index contributed by atoms with van der Waals surface area (Å²) in [5, 5.41) is 9.64. The molecule has 0 unspecified atom stereocenters. The number of carbonyl (C=O) groups is 1. The zero-order valence-electron chi connectivity index (χ0n) is 18.3. The number of anilines is 1. The number of fused-ring (bicyclic) bond motifs is 1. The van der Waals surface area contributed by atoms with E-state index in [1.807, 2.05) is 44.2 Å². The van der Waals surface area contributed by atoms with Crippen LogP contribution < -0.4 is 9.04 Å². The predicted molar refractivity (Wildman–Crippen MR) is 129 cm³/mol. The van der Waals surface area contributed by atoms with E-state index in [0.717, 1.165) is 22.3 Å². The number of aliphatic carboxylic acids is 1. The van der Waals surface area contributed by atoms with E-state index >= 15 is 0 Å². The first-order valence-corrected chi connectivity index (χ1v) is 12.4. The highest BCUT2D eigenvalue weighted by atomic mass is 35.5. The fourth-order valence-electron chi connectivity index (χ4n) is 3.91. The van der Waals surface area contributed by atoms with Crippen LogP contribution in [0.2, 0.25) is 5.02 Å². The lowest BCUT2D eigenvalue weighted by Gasteiger charge is -2.35. The normalized spacial score (nSPS) is 15.6. The molecule has 0 radical (unpaired) electrons. The maximum atomic E-state index is 13.7. The predicted octanol–water partition coefficient (Wildman–Crippen LogP) is 5.44. The van der Waals surface area contributed by atoms with Gasteiger partial charge in [-0.25, -0.2) is 8.42 Å². The molecule has 6 nitrogen and oxygen atoms in total. The molecule has 0 saturated heterocycles. The number of hydrogen-bond donors (Lipinski definition) is 1. The summed E-state index contributed by atoms with van der Waals surface area (Å²) in [6, 6.07) is 17.7. The SMILES string of the molecule is Cc1cccc(S(=O)(=O)N2C[C@H](CCC(=O)O)Oc3ccc(-c4cc(C)ccc4Cl)cc32)c1. The Morgan fingerprint density at radius 3 is 2.58 bits per heavy atom. The van der Waals surface area contributed by atoms with E-state index in [2.05, 4.69) is 0 Å². The largest absolute Gasteiger partial charge is 0.486 e. The molecule has 0 saturated carbocycles. The molecule has 3 aromatic carbocycles. The number of carboxylic acids is 1. The van der Waals surface area contributed by atoms with Crippen molar-refractivity contribution in [2.24, 2.45) is 0 Å². The van der Waals surface area contributed by atoms with Gasteiger partial charge in [-0.05, 0) is 67.8 Å². The number of aryl methyl sites for hydroxylation is 2. The molecule has 1 atom stereocenters. The second-order valence-electron chi connectivity index (χ2n) is 8.19. The summed E-state index contributed by atoms with van der Waals surface area (Å²) in [6.45, 7) is 3.81. The minimum Gasteiger partial charge on any atom is -0.486 e. The highest BCUT2D eigenvalue weighted by molar-refractivity contribution is 7.92. The van der Waals surface area contributed by atoms with E-state index in [0.29, 0.717) is 16.5 Å². The first-order chi connectivity index (χ1) is 15.6. The highest BCUT2D eigenvalue weighted by Crippen LogP contribution is 2.41. The molecule has 0 amide bonds. The lowest BCUT2D eigenvalue weighted by Crippen LogP contribution is -2.43. The number of ether oxygens (including phenoxy) is 1. The maximum absolute atomic E-state index is 13.7. The highest BCUT2D eigenvalue weighted by Gasteiger charge is 2.35. The lowest BCUT2D eigenvalue weighted by molar-refractivity contribution is -0.137. The lowest BCUT2D eigenvalue weighted by atomic mass is 10.0. The summed E-state index contributed by atoms with van der Waals surface area (Å²) in [4.78, 5) is 11.3. The molecule has 172 valence electrons. The first-order valence-electron chi connectivity index (χ1n) is 10.5. The summed E-state index contributed by atoms with van der Waals surface area (Å²) in [6.07, 6.45) is -0.503. The molecule has 0 bridgehead atoms. The van der Waals surface area contributed by atoms with Crippen molar-refractivity contribution in [2.45, 2.75) is 37.7 Å². The molecule has 1 aliphatic heterocycles. The molecule has 0 aromatic heterocycles. The van der Waals surface area contributed by atoms with Crippen molar-refractivity contribution in [1.29, 1.82) is 0 Å². The van der Waals surface area contributed by atoms with Crippen LogP contribution >= 0.6 is 11.6 Å². The average molecular weight is 486 g/mol. The van der Waals surface area contributed by atoms with Crippen molar-refractivity contribution < 1.29 is 23.1 Å². The Bertz CT molecular complexity index is 1320. The van der Waals surface area contributed by atoms with Crippen LogP contribution in [0.15, 0.2) is 65.6 Å². The quantitative estimate of drug-likeness (QED) is 0.502. The molecule has 4 rings (SSSR count). The standard InChI is InChI=1S/C25H24ClNO5S/c1-16-4-3-5-20(12-16)33(30,31)27-15-19(8-11-25(28)29)32-24-10-7-18(14-23(24)27)21-13-17(2)6-9-22(21)26/h3-7,9-10,12-14,19H,8,11,15H2,1-2H3,(H,28,29)/t19-/m0/s1. The van der Waals surface area contributed by atoms with E-state index in [1.165, 1.54) is 4.31 Å².